The minimum atomic E-state index is -1.97. The van der Waals surface area contributed by atoms with E-state index in [0.717, 1.165) is 5.75 Å². The molecule has 0 aromatic heterocycles. The van der Waals surface area contributed by atoms with E-state index in [-0.39, 0.29) is 0 Å². The molecule has 0 heterocycles. The fourth-order valence-electron chi connectivity index (χ4n) is 0.842. The molecule has 0 unspecified atom stereocenters. The third-order valence-electron chi connectivity index (χ3n) is 1.38. The molecule has 3 nitrogen and oxygen atoms in total. The summed E-state index contributed by atoms with van der Waals surface area (Å²) in [7, 11) is -1.97. The van der Waals surface area contributed by atoms with Crippen LogP contribution in [0.1, 0.15) is 6.92 Å². The van der Waals surface area contributed by atoms with Crippen molar-refractivity contribution in [3.05, 3.63) is 24.3 Å². The second-order valence-corrected chi connectivity index (χ2v) is 3.31. The van der Waals surface area contributed by atoms with Gasteiger partial charge in [-0.15, -0.1) is 0 Å². The molecule has 0 spiro atoms. The zero-order valence-electron chi connectivity index (χ0n) is 6.77. The number of rotatable bonds is 3. The topological polar surface area (TPSA) is 49.7 Å². The van der Waals surface area contributed by atoms with Gasteiger partial charge in [0, 0.05) is 5.30 Å². The van der Waals surface area contributed by atoms with Gasteiger partial charge in [0.2, 0.25) is 0 Å². The van der Waals surface area contributed by atoms with Crippen LogP contribution in [0.5, 0.6) is 5.75 Å². The summed E-state index contributed by atoms with van der Waals surface area (Å²) < 4.78 is 5.18. The van der Waals surface area contributed by atoms with Gasteiger partial charge in [-0.2, -0.15) is 0 Å². The van der Waals surface area contributed by atoms with Crippen LogP contribution < -0.4 is 10.0 Å². The van der Waals surface area contributed by atoms with Crippen molar-refractivity contribution in [2.45, 2.75) is 6.92 Å². The summed E-state index contributed by atoms with van der Waals surface area (Å²) in [6, 6.07) is 6.74. The quantitative estimate of drug-likeness (QED) is 0.692. The van der Waals surface area contributed by atoms with Crippen molar-refractivity contribution >= 4 is 13.7 Å². The standard InChI is InChI=1S/C8H11O3P/c1-2-11-7-3-5-8(6-4-7)12(9)10/h3-6,9-10H,2H2,1H3. The van der Waals surface area contributed by atoms with E-state index in [9.17, 15) is 0 Å². The average molecular weight is 186 g/mol. The molecule has 1 aromatic carbocycles. The number of hydrogen-bond acceptors (Lipinski definition) is 3. The van der Waals surface area contributed by atoms with Crippen molar-refractivity contribution in [1.82, 2.24) is 0 Å². The molecule has 0 atom stereocenters. The van der Waals surface area contributed by atoms with E-state index in [2.05, 4.69) is 0 Å². The number of benzene rings is 1. The molecule has 0 saturated carbocycles. The van der Waals surface area contributed by atoms with Crippen LogP contribution in [0.15, 0.2) is 24.3 Å². The first kappa shape index (κ1) is 9.46. The van der Waals surface area contributed by atoms with Crippen LogP contribution in [0.25, 0.3) is 0 Å². The highest BCUT2D eigenvalue weighted by Gasteiger charge is 2.02. The van der Waals surface area contributed by atoms with Gasteiger partial charge in [0.25, 0.3) is 0 Å². The largest absolute Gasteiger partial charge is 0.494 e. The highest BCUT2D eigenvalue weighted by Crippen LogP contribution is 2.22. The normalized spacial score (nSPS) is 10.3. The van der Waals surface area contributed by atoms with E-state index >= 15 is 0 Å². The van der Waals surface area contributed by atoms with Crippen molar-refractivity contribution in [1.29, 1.82) is 0 Å². The van der Waals surface area contributed by atoms with Gasteiger partial charge in [0.05, 0.1) is 6.61 Å². The third kappa shape index (κ3) is 2.45. The Morgan fingerprint density at radius 1 is 1.25 bits per heavy atom. The van der Waals surface area contributed by atoms with E-state index in [4.69, 9.17) is 14.5 Å². The fourth-order valence-corrected chi connectivity index (χ4v) is 1.26. The van der Waals surface area contributed by atoms with E-state index in [1.54, 1.807) is 24.3 Å². The fraction of sp³-hybridized carbons (Fsp3) is 0.250. The van der Waals surface area contributed by atoms with Gasteiger partial charge in [0.1, 0.15) is 5.75 Å². The van der Waals surface area contributed by atoms with E-state index in [1.807, 2.05) is 6.92 Å². The maximum Gasteiger partial charge on any atom is 0.199 e. The lowest BCUT2D eigenvalue weighted by molar-refractivity contribution is 0.340. The second-order valence-electron chi connectivity index (χ2n) is 2.22. The van der Waals surface area contributed by atoms with Crippen LogP contribution in [-0.2, 0) is 0 Å². The van der Waals surface area contributed by atoms with Gasteiger partial charge in [-0.25, -0.2) is 0 Å². The van der Waals surface area contributed by atoms with Gasteiger partial charge in [-0.05, 0) is 31.2 Å². The first-order valence-corrected chi connectivity index (χ1v) is 4.89. The molecule has 2 N–H and O–H groups in total. The van der Waals surface area contributed by atoms with Crippen molar-refractivity contribution in [3.8, 4) is 5.75 Å². The van der Waals surface area contributed by atoms with Crippen LogP contribution in [0.4, 0.5) is 0 Å². The van der Waals surface area contributed by atoms with E-state index in [1.165, 1.54) is 0 Å². The number of ether oxygens (including phenoxy) is 1. The van der Waals surface area contributed by atoms with Crippen molar-refractivity contribution < 1.29 is 14.5 Å². The molecule has 0 aliphatic rings. The predicted molar refractivity (Wildman–Crippen MR) is 48.6 cm³/mol. The minimum Gasteiger partial charge on any atom is -0.494 e. The van der Waals surface area contributed by atoms with Crippen LogP contribution in [-0.4, -0.2) is 16.4 Å². The molecule has 0 bridgehead atoms. The van der Waals surface area contributed by atoms with Gasteiger partial charge < -0.3 is 14.5 Å². The molecule has 0 aliphatic heterocycles. The average Bonchev–Trinajstić information content (AvgIpc) is 2.06. The SMILES string of the molecule is CCOc1ccc(P(O)O)cc1. The Morgan fingerprint density at radius 2 is 1.83 bits per heavy atom. The molecule has 66 valence electrons. The Morgan fingerprint density at radius 3 is 2.25 bits per heavy atom. The zero-order chi connectivity index (χ0) is 8.97. The van der Waals surface area contributed by atoms with Crippen LogP contribution >= 0.6 is 8.38 Å². The van der Waals surface area contributed by atoms with Crippen LogP contribution in [0.2, 0.25) is 0 Å². The molecule has 1 rings (SSSR count). The molecular weight excluding hydrogens is 175 g/mol. The smallest absolute Gasteiger partial charge is 0.199 e. The predicted octanol–water partition coefficient (Wildman–Crippen LogP) is 1.01. The Hall–Kier alpha value is -0.630. The van der Waals surface area contributed by atoms with Crippen molar-refractivity contribution in [2.24, 2.45) is 0 Å². The molecule has 12 heavy (non-hydrogen) atoms. The lowest BCUT2D eigenvalue weighted by Gasteiger charge is -2.04. The maximum absolute atomic E-state index is 8.82. The summed E-state index contributed by atoms with van der Waals surface area (Å²) in [6.07, 6.45) is 0. The third-order valence-corrected chi connectivity index (χ3v) is 2.14. The first-order valence-electron chi connectivity index (χ1n) is 3.64. The highest BCUT2D eigenvalue weighted by atomic mass is 31.2. The molecule has 0 fully saturated rings. The maximum atomic E-state index is 8.82. The molecule has 0 saturated heterocycles. The molecule has 1 aromatic rings. The van der Waals surface area contributed by atoms with Gasteiger partial charge >= 0.3 is 0 Å². The summed E-state index contributed by atoms with van der Waals surface area (Å²) in [5.74, 6) is 0.748. The highest BCUT2D eigenvalue weighted by molar-refractivity contribution is 7.54. The van der Waals surface area contributed by atoms with Crippen molar-refractivity contribution in [2.75, 3.05) is 6.61 Å². The van der Waals surface area contributed by atoms with E-state index < -0.39 is 8.38 Å². The summed E-state index contributed by atoms with van der Waals surface area (Å²) in [4.78, 5) is 17.6. The monoisotopic (exact) mass is 186 g/mol. The number of hydrogen-bond donors (Lipinski definition) is 2. The zero-order valence-corrected chi connectivity index (χ0v) is 7.66. The van der Waals surface area contributed by atoms with Crippen LogP contribution in [0.3, 0.4) is 0 Å². The Labute approximate surface area is 72.5 Å². The Bertz CT molecular complexity index is 233. The summed E-state index contributed by atoms with van der Waals surface area (Å²) >= 11 is 0. The molecule has 0 aliphatic carbocycles. The summed E-state index contributed by atoms with van der Waals surface area (Å²) in [5, 5.41) is 0.536. The van der Waals surface area contributed by atoms with Gasteiger partial charge in [-0.3, -0.25) is 0 Å². The molecule has 0 amide bonds. The second kappa shape index (κ2) is 4.41. The minimum absolute atomic E-state index is 0.536. The van der Waals surface area contributed by atoms with Crippen molar-refractivity contribution in [3.63, 3.8) is 0 Å². The molecular formula is C8H11O3P. The first-order chi connectivity index (χ1) is 5.74. The lowest BCUT2D eigenvalue weighted by Crippen LogP contribution is -1.99. The summed E-state index contributed by atoms with van der Waals surface area (Å²) in [6.45, 7) is 2.52. The Kier molecular flexibility index (Phi) is 3.48. The molecule has 4 heteroatoms. The summed E-state index contributed by atoms with van der Waals surface area (Å²) in [5.41, 5.74) is 0. The van der Waals surface area contributed by atoms with Gasteiger partial charge in [0.15, 0.2) is 8.38 Å². The lowest BCUT2D eigenvalue weighted by atomic mass is 10.3. The van der Waals surface area contributed by atoms with E-state index in [0.29, 0.717) is 11.9 Å². The Balaban J connectivity index is 2.71. The van der Waals surface area contributed by atoms with Gasteiger partial charge in [-0.1, -0.05) is 0 Å². The van der Waals surface area contributed by atoms with Crippen LogP contribution in [0, 0.1) is 0 Å². The molecule has 0 radical (unpaired) electrons.